The molecule has 1 aliphatic rings. The first-order valence-electron chi connectivity index (χ1n) is 8.83. The van der Waals surface area contributed by atoms with Gasteiger partial charge in [-0.05, 0) is 56.0 Å². The van der Waals surface area contributed by atoms with Crippen LogP contribution >= 0.6 is 0 Å². The Labute approximate surface area is 153 Å². The Morgan fingerprint density at radius 1 is 1.00 bits per heavy atom. The van der Waals surface area contributed by atoms with Crippen LogP contribution in [-0.4, -0.2) is 25.5 Å². The SMILES string of the molecule is COc1ccc(CCNC(=O)C2(C(=O)Nc3ccc(C)cc3)CC2)cc1. The predicted octanol–water partition coefficient (Wildman–Crippen LogP) is 3.08. The Morgan fingerprint density at radius 2 is 1.65 bits per heavy atom. The molecule has 0 radical (unpaired) electrons. The summed E-state index contributed by atoms with van der Waals surface area (Å²) in [5, 5.41) is 5.77. The van der Waals surface area contributed by atoms with Crippen molar-refractivity contribution in [2.75, 3.05) is 19.0 Å². The highest BCUT2D eigenvalue weighted by Crippen LogP contribution is 2.46. The highest BCUT2D eigenvalue weighted by molar-refractivity contribution is 6.13. The largest absolute Gasteiger partial charge is 0.497 e. The van der Waals surface area contributed by atoms with Gasteiger partial charge in [-0.3, -0.25) is 9.59 Å². The Kier molecular flexibility index (Phi) is 5.26. The summed E-state index contributed by atoms with van der Waals surface area (Å²) in [6.07, 6.45) is 1.91. The number of rotatable bonds is 7. The van der Waals surface area contributed by atoms with Gasteiger partial charge in [0.25, 0.3) is 0 Å². The highest BCUT2D eigenvalue weighted by atomic mass is 16.5. The molecule has 0 spiro atoms. The molecule has 1 fully saturated rings. The van der Waals surface area contributed by atoms with Gasteiger partial charge < -0.3 is 15.4 Å². The fraction of sp³-hybridized carbons (Fsp3) is 0.333. The normalized spacial score (nSPS) is 14.4. The van der Waals surface area contributed by atoms with E-state index in [0.717, 1.165) is 22.6 Å². The van der Waals surface area contributed by atoms with E-state index >= 15 is 0 Å². The van der Waals surface area contributed by atoms with Crippen molar-refractivity contribution in [2.45, 2.75) is 26.2 Å². The van der Waals surface area contributed by atoms with Crippen LogP contribution in [0.1, 0.15) is 24.0 Å². The van der Waals surface area contributed by atoms with E-state index < -0.39 is 5.41 Å². The van der Waals surface area contributed by atoms with Crippen LogP contribution in [-0.2, 0) is 16.0 Å². The van der Waals surface area contributed by atoms with Gasteiger partial charge in [-0.1, -0.05) is 29.8 Å². The lowest BCUT2D eigenvalue weighted by molar-refractivity contribution is -0.134. The minimum absolute atomic E-state index is 0.185. The van der Waals surface area contributed by atoms with Gasteiger partial charge in [0.15, 0.2) is 0 Å². The van der Waals surface area contributed by atoms with Crippen molar-refractivity contribution in [3.8, 4) is 5.75 Å². The van der Waals surface area contributed by atoms with Gasteiger partial charge in [-0.15, -0.1) is 0 Å². The molecule has 2 N–H and O–H groups in total. The van der Waals surface area contributed by atoms with Crippen LogP contribution in [0.25, 0.3) is 0 Å². The molecule has 0 saturated heterocycles. The van der Waals surface area contributed by atoms with Gasteiger partial charge in [-0.25, -0.2) is 0 Å². The fourth-order valence-corrected chi connectivity index (χ4v) is 2.85. The lowest BCUT2D eigenvalue weighted by Crippen LogP contribution is -2.40. The quantitative estimate of drug-likeness (QED) is 0.753. The second kappa shape index (κ2) is 7.60. The maximum absolute atomic E-state index is 12.5. The Hall–Kier alpha value is -2.82. The first kappa shape index (κ1) is 18.0. The summed E-state index contributed by atoms with van der Waals surface area (Å²) in [4.78, 5) is 25.1. The van der Waals surface area contributed by atoms with Gasteiger partial charge in [0.1, 0.15) is 11.2 Å². The number of nitrogens with one attached hydrogen (secondary N) is 2. The summed E-state index contributed by atoms with van der Waals surface area (Å²) in [6, 6.07) is 15.3. The van der Waals surface area contributed by atoms with Crippen molar-refractivity contribution in [1.29, 1.82) is 0 Å². The van der Waals surface area contributed by atoms with Crippen molar-refractivity contribution in [3.63, 3.8) is 0 Å². The fourth-order valence-electron chi connectivity index (χ4n) is 2.85. The van der Waals surface area contributed by atoms with Crippen molar-refractivity contribution >= 4 is 17.5 Å². The number of carbonyl (C=O) groups is 2. The molecule has 136 valence electrons. The number of aryl methyl sites for hydroxylation is 1. The average molecular weight is 352 g/mol. The van der Waals surface area contributed by atoms with E-state index in [9.17, 15) is 9.59 Å². The molecule has 0 aliphatic heterocycles. The van der Waals surface area contributed by atoms with E-state index in [-0.39, 0.29) is 11.8 Å². The first-order valence-corrected chi connectivity index (χ1v) is 8.83. The average Bonchev–Trinajstić information content (AvgIpc) is 3.46. The summed E-state index contributed by atoms with van der Waals surface area (Å²) in [5.41, 5.74) is 2.04. The van der Waals surface area contributed by atoms with E-state index in [2.05, 4.69) is 10.6 Å². The zero-order valence-corrected chi connectivity index (χ0v) is 15.2. The third kappa shape index (κ3) is 4.04. The predicted molar refractivity (Wildman–Crippen MR) is 101 cm³/mol. The zero-order valence-electron chi connectivity index (χ0n) is 15.2. The van der Waals surface area contributed by atoms with Gasteiger partial charge in [0.2, 0.25) is 11.8 Å². The molecule has 2 aromatic carbocycles. The van der Waals surface area contributed by atoms with Crippen LogP contribution in [0.2, 0.25) is 0 Å². The zero-order chi connectivity index (χ0) is 18.6. The monoisotopic (exact) mass is 352 g/mol. The number of ether oxygens (including phenoxy) is 1. The molecular formula is C21H24N2O3. The number of anilines is 1. The molecular weight excluding hydrogens is 328 g/mol. The van der Waals surface area contributed by atoms with Crippen LogP contribution in [0.4, 0.5) is 5.69 Å². The maximum atomic E-state index is 12.5. The van der Waals surface area contributed by atoms with Crippen LogP contribution in [0, 0.1) is 12.3 Å². The number of hydrogen-bond acceptors (Lipinski definition) is 3. The van der Waals surface area contributed by atoms with E-state index in [0.29, 0.717) is 25.8 Å². The van der Waals surface area contributed by atoms with Crippen LogP contribution in [0.3, 0.4) is 0 Å². The van der Waals surface area contributed by atoms with Gasteiger partial charge in [-0.2, -0.15) is 0 Å². The molecule has 0 atom stereocenters. The summed E-state index contributed by atoms with van der Waals surface area (Å²) in [6.45, 7) is 2.50. The lowest BCUT2D eigenvalue weighted by atomic mass is 10.0. The van der Waals surface area contributed by atoms with Crippen molar-refractivity contribution in [2.24, 2.45) is 5.41 Å². The van der Waals surface area contributed by atoms with Crippen molar-refractivity contribution in [1.82, 2.24) is 5.32 Å². The summed E-state index contributed by atoms with van der Waals surface area (Å²) < 4.78 is 5.13. The van der Waals surface area contributed by atoms with Gasteiger partial charge in [0.05, 0.1) is 7.11 Å². The third-order valence-corrected chi connectivity index (χ3v) is 4.79. The number of benzene rings is 2. The molecule has 1 aliphatic carbocycles. The summed E-state index contributed by atoms with van der Waals surface area (Å²) >= 11 is 0. The van der Waals surface area contributed by atoms with Crippen molar-refractivity contribution < 1.29 is 14.3 Å². The molecule has 0 aromatic heterocycles. The molecule has 0 bridgehead atoms. The van der Waals surface area contributed by atoms with Gasteiger partial charge in [0, 0.05) is 12.2 Å². The van der Waals surface area contributed by atoms with E-state index in [1.807, 2.05) is 55.5 Å². The molecule has 1 saturated carbocycles. The molecule has 26 heavy (non-hydrogen) atoms. The number of methoxy groups -OCH3 is 1. The Balaban J connectivity index is 1.51. The molecule has 0 heterocycles. The number of amides is 2. The summed E-state index contributed by atoms with van der Waals surface area (Å²) in [5.74, 6) is 0.404. The minimum Gasteiger partial charge on any atom is -0.497 e. The van der Waals surface area contributed by atoms with Crippen LogP contribution < -0.4 is 15.4 Å². The molecule has 5 nitrogen and oxygen atoms in total. The van der Waals surface area contributed by atoms with Gasteiger partial charge >= 0.3 is 0 Å². The first-order chi connectivity index (χ1) is 12.5. The molecule has 0 unspecified atom stereocenters. The lowest BCUT2D eigenvalue weighted by Gasteiger charge is -2.15. The van der Waals surface area contributed by atoms with Crippen molar-refractivity contribution in [3.05, 3.63) is 59.7 Å². The van der Waals surface area contributed by atoms with E-state index in [1.165, 1.54) is 0 Å². The maximum Gasteiger partial charge on any atom is 0.240 e. The summed E-state index contributed by atoms with van der Waals surface area (Å²) in [7, 11) is 1.63. The molecule has 2 amide bonds. The topological polar surface area (TPSA) is 67.4 Å². The number of hydrogen-bond donors (Lipinski definition) is 2. The smallest absolute Gasteiger partial charge is 0.240 e. The highest BCUT2D eigenvalue weighted by Gasteiger charge is 2.56. The van der Waals surface area contributed by atoms with E-state index in [4.69, 9.17) is 4.74 Å². The van der Waals surface area contributed by atoms with E-state index in [1.54, 1.807) is 7.11 Å². The second-order valence-electron chi connectivity index (χ2n) is 6.76. The molecule has 5 heteroatoms. The minimum atomic E-state index is -0.912. The molecule has 2 aromatic rings. The van der Waals surface area contributed by atoms with Crippen LogP contribution in [0.15, 0.2) is 48.5 Å². The number of carbonyl (C=O) groups excluding carboxylic acids is 2. The third-order valence-electron chi connectivity index (χ3n) is 4.79. The Morgan fingerprint density at radius 3 is 2.23 bits per heavy atom. The van der Waals surface area contributed by atoms with Crippen LogP contribution in [0.5, 0.6) is 5.75 Å². The molecule has 3 rings (SSSR count). The standard InChI is InChI=1S/C21H24N2O3/c1-15-3-7-17(8-4-15)23-20(25)21(12-13-21)19(24)22-14-11-16-5-9-18(26-2)10-6-16/h3-10H,11-14H2,1-2H3,(H,22,24)(H,23,25). The Bertz CT molecular complexity index is 778. The second-order valence-corrected chi connectivity index (χ2v) is 6.76.